The summed E-state index contributed by atoms with van der Waals surface area (Å²) in [4.78, 5) is 0. The maximum atomic E-state index is 12.5. The van der Waals surface area contributed by atoms with E-state index in [0.29, 0.717) is 12.8 Å². The number of rotatable bonds is 12. The van der Waals surface area contributed by atoms with Crippen molar-refractivity contribution in [3.05, 3.63) is 0 Å². The molecule has 1 heterocycles. The number of hydrogen-bond donors (Lipinski definition) is 1. The third-order valence-electron chi connectivity index (χ3n) is 3.45. The van der Waals surface area contributed by atoms with E-state index in [0.717, 1.165) is 28.4 Å². The molecule has 5 unspecified atom stereocenters. The van der Waals surface area contributed by atoms with Gasteiger partial charge in [-0.1, -0.05) is 6.92 Å². The third kappa shape index (κ3) is 6.74. The molecule has 0 saturated carbocycles. The number of hydrogen-bond acceptors (Lipinski definition) is 12. The van der Waals surface area contributed by atoms with Crippen LogP contribution in [0.15, 0.2) is 0 Å². The van der Waals surface area contributed by atoms with Crippen LogP contribution in [0.25, 0.3) is 0 Å². The zero-order chi connectivity index (χ0) is 20.0. The Morgan fingerprint density at radius 1 is 0.923 bits per heavy atom. The van der Waals surface area contributed by atoms with Crippen molar-refractivity contribution in [3.8, 4) is 0 Å². The van der Waals surface area contributed by atoms with Crippen LogP contribution in [0.2, 0.25) is 0 Å². The van der Waals surface area contributed by atoms with Crippen molar-refractivity contribution in [2.24, 2.45) is 0 Å². The highest BCUT2D eigenvalue weighted by Crippen LogP contribution is 2.72. The van der Waals surface area contributed by atoms with Gasteiger partial charge in [0, 0.05) is 34.9 Å². The number of phosphoric acid groups is 3. The Morgan fingerprint density at radius 3 is 1.85 bits per heavy atom. The Bertz CT molecular complexity index is 575. The third-order valence-corrected chi connectivity index (χ3v) is 8.90. The molecule has 1 fully saturated rings. The van der Waals surface area contributed by atoms with E-state index >= 15 is 0 Å². The van der Waals surface area contributed by atoms with Crippen molar-refractivity contribution in [2.45, 2.75) is 38.1 Å². The number of phosphoric ester groups is 2. The summed E-state index contributed by atoms with van der Waals surface area (Å²) in [6.45, 7) is 1.51. The first kappa shape index (κ1) is 24.4. The second-order valence-electron chi connectivity index (χ2n) is 5.04. The van der Waals surface area contributed by atoms with Crippen LogP contribution in [-0.4, -0.2) is 58.5 Å². The molecule has 5 atom stereocenters. The summed E-state index contributed by atoms with van der Waals surface area (Å²) in [6.07, 6.45) is -0.698. The van der Waals surface area contributed by atoms with Crippen molar-refractivity contribution in [2.75, 3.05) is 35.0 Å². The first-order valence-corrected chi connectivity index (χ1v) is 11.9. The molecule has 0 radical (unpaired) electrons. The van der Waals surface area contributed by atoms with Crippen LogP contribution >= 0.6 is 23.5 Å². The summed E-state index contributed by atoms with van der Waals surface area (Å²) in [7, 11) is -9.69. The molecule has 0 spiro atoms. The molecule has 0 aliphatic carbocycles. The quantitative estimate of drug-likeness (QED) is 0.444. The lowest BCUT2D eigenvalue weighted by Gasteiger charge is -2.24. The van der Waals surface area contributed by atoms with Crippen LogP contribution in [0.5, 0.6) is 0 Å². The van der Waals surface area contributed by atoms with Crippen LogP contribution in [0.1, 0.15) is 19.8 Å². The van der Waals surface area contributed by atoms with Crippen LogP contribution in [0.3, 0.4) is 0 Å². The molecule has 12 nitrogen and oxygen atoms in total. The Hall–Kier alpha value is 0.330. The van der Waals surface area contributed by atoms with Gasteiger partial charge < -0.3 is 9.84 Å². The molecule has 26 heavy (non-hydrogen) atoms. The summed E-state index contributed by atoms with van der Waals surface area (Å²) in [5.74, 6) is 0. The van der Waals surface area contributed by atoms with Gasteiger partial charge in [-0.25, -0.2) is 13.7 Å². The second kappa shape index (κ2) is 10.2. The average Bonchev–Trinajstić information content (AvgIpc) is 2.99. The summed E-state index contributed by atoms with van der Waals surface area (Å²) in [5.41, 5.74) is 0. The van der Waals surface area contributed by atoms with Gasteiger partial charge >= 0.3 is 23.5 Å². The normalized spacial score (nSPS) is 28.6. The second-order valence-corrected chi connectivity index (χ2v) is 10.7. The van der Waals surface area contributed by atoms with Gasteiger partial charge in [0.2, 0.25) is 0 Å². The maximum absolute atomic E-state index is 12.5. The van der Waals surface area contributed by atoms with E-state index in [4.69, 9.17) is 13.6 Å². The minimum atomic E-state index is -4.72. The topological polar surface area (TPSA) is 145 Å². The standard InChI is InChI=1S/C11H25O12P3/c1-6-9-7-10(12)11(21-9)8-20-25(14,18-4)23-26(15,19-5)22-24(13,16-2)17-3/h9-12H,6-8H2,1-5H3. The van der Waals surface area contributed by atoms with Gasteiger partial charge in [0.1, 0.15) is 6.10 Å². The maximum Gasteiger partial charge on any atom is 0.492 e. The van der Waals surface area contributed by atoms with E-state index in [1.807, 2.05) is 6.92 Å². The zero-order valence-corrected chi connectivity index (χ0v) is 17.8. The first-order valence-electron chi connectivity index (χ1n) is 7.52. The van der Waals surface area contributed by atoms with E-state index < -0.39 is 35.7 Å². The van der Waals surface area contributed by atoms with Gasteiger partial charge in [-0.05, 0) is 6.42 Å². The van der Waals surface area contributed by atoms with Crippen molar-refractivity contribution in [1.82, 2.24) is 0 Å². The molecule has 1 N–H and O–H groups in total. The predicted octanol–water partition coefficient (Wildman–Crippen LogP) is 2.87. The molecule has 1 aliphatic rings. The summed E-state index contributed by atoms with van der Waals surface area (Å²) in [6, 6.07) is 0. The molecule has 0 aromatic heterocycles. The summed E-state index contributed by atoms with van der Waals surface area (Å²) < 4.78 is 74.9. The molecular formula is C11H25O12P3. The van der Waals surface area contributed by atoms with Crippen molar-refractivity contribution in [1.29, 1.82) is 0 Å². The molecule has 0 bridgehead atoms. The fourth-order valence-corrected chi connectivity index (χ4v) is 6.42. The molecule has 156 valence electrons. The highest BCUT2D eigenvalue weighted by molar-refractivity contribution is 7.67. The Kier molecular flexibility index (Phi) is 9.57. The molecule has 1 rings (SSSR count). The Balaban J connectivity index is 2.79. The van der Waals surface area contributed by atoms with Crippen molar-refractivity contribution < 1.29 is 54.8 Å². The monoisotopic (exact) mass is 442 g/mol. The minimum Gasteiger partial charge on any atom is -0.390 e. The van der Waals surface area contributed by atoms with E-state index in [-0.39, 0.29) is 12.7 Å². The lowest BCUT2D eigenvalue weighted by atomic mass is 10.1. The van der Waals surface area contributed by atoms with Crippen molar-refractivity contribution in [3.63, 3.8) is 0 Å². The van der Waals surface area contributed by atoms with Gasteiger partial charge in [0.25, 0.3) is 0 Å². The average molecular weight is 442 g/mol. The van der Waals surface area contributed by atoms with E-state index in [2.05, 4.69) is 22.4 Å². The molecule has 15 heteroatoms. The van der Waals surface area contributed by atoms with E-state index in [9.17, 15) is 18.8 Å². The summed E-state index contributed by atoms with van der Waals surface area (Å²) >= 11 is 0. The van der Waals surface area contributed by atoms with Crippen LogP contribution in [-0.2, 0) is 49.7 Å². The minimum absolute atomic E-state index is 0.163. The van der Waals surface area contributed by atoms with Gasteiger partial charge in [0.05, 0.1) is 18.8 Å². The number of ether oxygens (including phenoxy) is 1. The number of aliphatic hydroxyl groups is 1. The predicted molar refractivity (Wildman–Crippen MR) is 88.6 cm³/mol. The van der Waals surface area contributed by atoms with Gasteiger partial charge in [-0.15, -0.1) is 0 Å². The van der Waals surface area contributed by atoms with Gasteiger partial charge in [-0.3, -0.25) is 22.6 Å². The molecule has 1 aliphatic heterocycles. The highest BCUT2D eigenvalue weighted by atomic mass is 31.3. The van der Waals surface area contributed by atoms with Crippen LogP contribution in [0, 0.1) is 0 Å². The van der Waals surface area contributed by atoms with Crippen molar-refractivity contribution >= 4 is 23.5 Å². The molecule has 0 amide bonds. The molecule has 0 aromatic carbocycles. The molecule has 1 saturated heterocycles. The smallest absolute Gasteiger partial charge is 0.390 e. The summed E-state index contributed by atoms with van der Waals surface area (Å²) in [5, 5.41) is 9.90. The van der Waals surface area contributed by atoms with Gasteiger partial charge in [-0.2, -0.15) is 8.62 Å². The number of aliphatic hydroxyl groups excluding tert-OH is 1. The van der Waals surface area contributed by atoms with E-state index in [1.54, 1.807) is 0 Å². The lowest BCUT2D eigenvalue weighted by Crippen LogP contribution is -2.26. The van der Waals surface area contributed by atoms with E-state index in [1.165, 1.54) is 0 Å². The SMILES string of the molecule is CCC1CC(O)C(COP(=O)(OC)OP(=O)(OC)OP(=O)(OC)OC)O1. The zero-order valence-electron chi connectivity index (χ0n) is 15.1. The largest absolute Gasteiger partial charge is 0.492 e. The first-order chi connectivity index (χ1) is 12.1. The highest BCUT2D eigenvalue weighted by Gasteiger charge is 2.46. The van der Waals surface area contributed by atoms with Gasteiger partial charge in [0.15, 0.2) is 0 Å². The van der Waals surface area contributed by atoms with Crippen LogP contribution in [0.4, 0.5) is 0 Å². The fourth-order valence-electron chi connectivity index (χ4n) is 1.97. The Morgan fingerprint density at radius 2 is 1.42 bits per heavy atom. The Labute approximate surface area is 152 Å². The molecule has 0 aromatic rings. The fraction of sp³-hybridized carbons (Fsp3) is 1.00. The molecular weight excluding hydrogens is 417 g/mol. The van der Waals surface area contributed by atoms with Crippen LogP contribution < -0.4 is 0 Å². The lowest BCUT2D eigenvalue weighted by molar-refractivity contribution is -0.0231.